The van der Waals surface area contributed by atoms with Crippen molar-refractivity contribution in [3.63, 3.8) is 0 Å². The Kier molecular flexibility index (Phi) is 5.71. The molecule has 1 N–H and O–H groups in total. The first-order chi connectivity index (χ1) is 14.7. The first-order valence-corrected chi connectivity index (χ1v) is 11.3. The van der Waals surface area contributed by atoms with E-state index in [-0.39, 0.29) is 29.1 Å². The molecule has 0 unspecified atom stereocenters. The van der Waals surface area contributed by atoms with Crippen molar-refractivity contribution in [1.82, 2.24) is 9.80 Å². The van der Waals surface area contributed by atoms with Crippen LogP contribution in [0.4, 0.5) is 5.69 Å². The molecule has 7 heteroatoms. The number of hydrogen-bond acceptors (Lipinski definition) is 4. The van der Waals surface area contributed by atoms with Crippen LogP contribution < -0.4 is 10.1 Å². The van der Waals surface area contributed by atoms with E-state index >= 15 is 0 Å². The minimum Gasteiger partial charge on any atom is -0.484 e. The van der Waals surface area contributed by atoms with Gasteiger partial charge in [0.1, 0.15) is 11.4 Å². The molecule has 0 saturated carbocycles. The number of piperidine rings is 2. The van der Waals surface area contributed by atoms with Crippen LogP contribution in [0.3, 0.4) is 0 Å². The van der Waals surface area contributed by atoms with Gasteiger partial charge in [-0.2, -0.15) is 0 Å². The van der Waals surface area contributed by atoms with E-state index in [4.69, 9.17) is 4.74 Å². The van der Waals surface area contributed by atoms with Crippen molar-refractivity contribution in [2.24, 2.45) is 11.3 Å². The van der Waals surface area contributed by atoms with Gasteiger partial charge >= 0.3 is 0 Å². The Morgan fingerprint density at radius 2 is 1.68 bits per heavy atom. The van der Waals surface area contributed by atoms with Crippen molar-refractivity contribution in [3.8, 4) is 5.75 Å². The maximum Gasteiger partial charge on any atom is 0.228 e. The summed E-state index contributed by atoms with van der Waals surface area (Å²) in [5.74, 6) is 0.959. The average molecular weight is 428 g/mol. The highest BCUT2D eigenvalue weighted by Crippen LogP contribution is 2.38. The highest BCUT2D eigenvalue weighted by atomic mass is 16.5. The number of carbonyl (C=O) groups is 3. The van der Waals surface area contributed by atoms with Gasteiger partial charge in [-0.1, -0.05) is 32.9 Å². The fourth-order valence-electron chi connectivity index (χ4n) is 4.89. The van der Waals surface area contributed by atoms with Crippen molar-refractivity contribution in [1.29, 1.82) is 0 Å². The van der Waals surface area contributed by atoms with Gasteiger partial charge in [0.15, 0.2) is 0 Å². The first kappa shape index (κ1) is 21.7. The summed E-state index contributed by atoms with van der Waals surface area (Å²) in [7, 11) is 0. The van der Waals surface area contributed by atoms with Gasteiger partial charge in [0.2, 0.25) is 17.7 Å². The Bertz CT molecular complexity index is 860. The molecule has 1 aromatic carbocycles. The van der Waals surface area contributed by atoms with Gasteiger partial charge < -0.3 is 19.9 Å². The lowest BCUT2D eigenvalue weighted by Gasteiger charge is -2.42. The SMILES string of the molecule is CC(C)(C)C(=O)N1CCC(C(=O)N2CCC3(CC2)CC(=O)Nc2ccccc2O3)CC1. The third-order valence-electron chi connectivity index (χ3n) is 6.73. The average Bonchev–Trinajstić information content (AvgIpc) is 2.87. The molecule has 1 aromatic rings. The molecular formula is C24H33N3O4. The summed E-state index contributed by atoms with van der Waals surface area (Å²) in [5.41, 5.74) is -0.239. The summed E-state index contributed by atoms with van der Waals surface area (Å²) >= 11 is 0. The highest BCUT2D eigenvalue weighted by Gasteiger charge is 2.43. The summed E-state index contributed by atoms with van der Waals surface area (Å²) in [4.78, 5) is 41.9. The van der Waals surface area contributed by atoms with Crippen LogP contribution in [0.2, 0.25) is 0 Å². The van der Waals surface area contributed by atoms with Crippen LogP contribution in [0.5, 0.6) is 5.75 Å². The number of nitrogens with one attached hydrogen (secondary N) is 1. The number of hydrogen-bond donors (Lipinski definition) is 1. The molecule has 31 heavy (non-hydrogen) atoms. The van der Waals surface area contributed by atoms with Gasteiger partial charge in [-0.3, -0.25) is 14.4 Å². The maximum absolute atomic E-state index is 13.1. The smallest absolute Gasteiger partial charge is 0.228 e. The normalized spacial score (nSPS) is 21.7. The van der Waals surface area contributed by atoms with Crippen LogP contribution in [0, 0.1) is 11.3 Å². The second kappa shape index (κ2) is 8.17. The molecule has 2 fully saturated rings. The van der Waals surface area contributed by atoms with Gasteiger partial charge in [-0.15, -0.1) is 0 Å². The number of nitrogens with zero attached hydrogens (tertiary/aromatic N) is 2. The van der Waals surface area contributed by atoms with Gasteiger partial charge in [-0.25, -0.2) is 0 Å². The van der Waals surface area contributed by atoms with Crippen LogP contribution in [-0.4, -0.2) is 59.3 Å². The zero-order valence-corrected chi connectivity index (χ0v) is 18.8. The number of anilines is 1. The lowest BCUT2D eigenvalue weighted by Crippen LogP contribution is -2.53. The number of benzene rings is 1. The number of rotatable bonds is 1. The van der Waals surface area contributed by atoms with Crippen molar-refractivity contribution in [2.75, 3.05) is 31.5 Å². The quantitative estimate of drug-likeness (QED) is 0.747. The monoisotopic (exact) mass is 427 g/mol. The summed E-state index contributed by atoms with van der Waals surface area (Å²) in [6.45, 7) is 8.28. The second-order valence-electron chi connectivity index (χ2n) is 10.1. The number of likely N-dealkylation sites (tertiary alicyclic amines) is 2. The minimum atomic E-state index is -0.560. The van der Waals surface area contributed by atoms with Crippen molar-refractivity contribution in [3.05, 3.63) is 24.3 Å². The van der Waals surface area contributed by atoms with E-state index in [0.29, 0.717) is 69.7 Å². The minimum absolute atomic E-state index is 0.0304. The van der Waals surface area contributed by atoms with Crippen molar-refractivity contribution < 1.29 is 19.1 Å². The molecule has 0 aliphatic carbocycles. The molecule has 3 aliphatic heterocycles. The van der Waals surface area contributed by atoms with Gasteiger partial charge in [0, 0.05) is 50.4 Å². The van der Waals surface area contributed by atoms with E-state index in [9.17, 15) is 14.4 Å². The number of para-hydroxylation sites is 2. The molecule has 0 aromatic heterocycles. The van der Waals surface area contributed by atoms with Crippen LogP contribution in [0.25, 0.3) is 0 Å². The molecule has 0 radical (unpaired) electrons. The summed E-state index contributed by atoms with van der Waals surface area (Å²) < 4.78 is 6.34. The first-order valence-electron chi connectivity index (χ1n) is 11.3. The maximum atomic E-state index is 13.1. The Morgan fingerprint density at radius 3 is 2.32 bits per heavy atom. The molecule has 168 valence electrons. The zero-order valence-electron chi connectivity index (χ0n) is 18.8. The Hall–Kier alpha value is -2.57. The molecule has 3 heterocycles. The zero-order chi connectivity index (χ0) is 22.2. The summed E-state index contributed by atoms with van der Waals surface area (Å²) in [5, 5.41) is 2.93. The van der Waals surface area contributed by atoms with Gasteiger partial charge in [0.05, 0.1) is 12.1 Å². The number of fused-ring (bicyclic) bond motifs is 1. The lowest BCUT2D eigenvalue weighted by molar-refractivity contribution is -0.146. The second-order valence-corrected chi connectivity index (χ2v) is 10.1. The third-order valence-corrected chi connectivity index (χ3v) is 6.73. The molecular weight excluding hydrogens is 394 g/mol. The molecule has 4 rings (SSSR count). The van der Waals surface area contributed by atoms with Crippen LogP contribution in [0.1, 0.15) is 52.9 Å². The Morgan fingerprint density at radius 1 is 1.03 bits per heavy atom. The van der Waals surface area contributed by atoms with Gasteiger partial charge in [-0.05, 0) is 25.0 Å². The van der Waals surface area contributed by atoms with Crippen LogP contribution in [-0.2, 0) is 14.4 Å². The lowest BCUT2D eigenvalue weighted by atomic mass is 9.86. The van der Waals surface area contributed by atoms with E-state index in [1.165, 1.54) is 0 Å². The Labute approximate surface area is 184 Å². The molecule has 0 bridgehead atoms. The summed E-state index contributed by atoms with van der Waals surface area (Å²) in [6.07, 6.45) is 3.02. The third kappa shape index (κ3) is 4.55. The van der Waals surface area contributed by atoms with E-state index < -0.39 is 5.60 Å². The molecule has 0 atom stereocenters. The van der Waals surface area contributed by atoms with E-state index in [0.717, 1.165) is 0 Å². The van der Waals surface area contributed by atoms with E-state index in [1.54, 1.807) is 0 Å². The molecule has 2 saturated heterocycles. The standard InChI is InChI=1S/C24H33N3O4/c1-23(2,3)22(30)27-12-8-17(9-13-27)21(29)26-14-10-24(11-15-26)16-20(28)25-18-6-4-5-7-19(18)31-24/h4-7,17H,8-16H2,1-3H3,(H,25,28). The molecule has 3 aliphatic rings. The van der Waals surface area contributed by atoms with E-state index in [1.807, 2.05) is 54.8 Å². The van der Waals surface area contributed by atoms with Gasteiger partial charge in [0.25, 0.3) is 0 Å². The van der Waals surface area contributed by atoms with E-state index in [2.05, 4.69) is 5.32 Å². The highest BCUT2D eigenvalue weighted by molar-refractivity contribution is 5.93. The molecule has 3 amide bonds. The van der Waals surface area contributed by atoms with Crippen LogP contribution in [0.15, 0.2) is 24.3 Å². The molecule has 1 spiro atoms. The number of carbonyl (C=O) groups excluding carboxylic acids is 3. The predicted octanol–water partition coefficient (Wildman–Crippen LogP) is 3.05. The topological polar surface area (TPSA) is 79.0 Å². The largest absolute Gasteiger partial charge is 0.484 e. The fraction of sp³-hybridized carbons (Fsp3) is 0.625. The van der Waals surface area contributed by atoms with Crippen molar-refractivity contribution in [2.45, 2.75) is 58.5 Å². The number of amides is 3. The molecule has 7 nitrogen and oxygen atoms in total. The van der Waals surface area contributed by atoms with Crippen molar-refractivity contribution >= 4 is 23.4 Å². The number of ether oxygens (including phenoxy) is 1. The fourth-order valence-corrected chi connectivity index (χ4v) is 4.89. The predicted molar refractivity (Wildman–Crippen MR) is 118 cm³/mol. The van der Waals surface area contributed by atoms with Crippen LogP contribution >= 0.6 is 0 Å². The Balaban J connectivity index is 1.34. The summed E-state index contributed by atoms with van der Waals surface area (Å²) in [6, 6.07) is 7.51.